The second kappa shape index (κ2) is 4.18. The molecule has 0 bridgehead atoms. The Balaban J connectivity index is 2.68. The molecule has 0 saturated heterocycles. The van der Waals surface area contributed by atoms with Crippen molar-refractivity contribution < 1.29 is 14.3 Å². The summed E-state index contributed by atoms with van der Waals surface area (Å²) in [5.74, 6) is -0.700. The summed E-state index contributed by atoms with van der Waals surface area (Å²) >= 11 is 0. The molecule has 0 spiro atoms. The number of hydrogen-bond donors (Lipinski definition) is 2. The van der Waals surface area contributed by atoms with Crippen LogP contribution in [0, 0.1) is 5.92 Å². The lowest BCUT2D eigenvalue weighted by Crippen LogP contribution is -2.67. The van der Waals surface area contributed by atoms with Crippen molar-refractivity contribution >= 4 is 11.9 Å². The van der Waals surface area contributed by atoms with Crippen molar-refractivity contribution in [3.63, 3.8) is 0 Å². The van der Waals surface area contributed by atoms with Gasteiger partial charge >= 0.3 is 5.97 Å². The second-order valence-electron chi connectivity index (χ2n) is 4.39. The monoisotopic (exact) mass is 214 g/mol. The zero-order valence-corrected chi connectivity index (χ0v) is 9.37. The molecule has 86 valence electrons. The van der Waals surface area contributed by atoms with Gasteiger partial charge in [0.25, 0.3) is 0 Å². The van der Waals surface area contributed by atoms with Crippen LogP contribution < -0.4 is 11.1 Å². The number of hydrogen-bond acceptors (Lipinski definition) is 4. The molecule has 0 aliphatic heterocycles. The molecular weight excluding hydrogens is 196 g/mol. The highest BCUT2D eigenvalue weighted by molar-refractivity contribution is 5.89. The van der Waals surface area contributed by atoms with Gasteiger partial charge in [-0.25, -0.2) is 4.79 Å². The first-order valence-corrected chi connectivity index (χ1v) is 5.07. The van der Waals surface area contributed by atoms with Crippen molar-refractivity contribution in [1.29, 1.82) is 0 Å². The molecule has 0 heterocycles. The van der Waals surface area contributed by atoms with Gasteiger partial charge in [0.2, 0.25) is 5.91 Å². The van der Waals surface area contributed by atoms with E-state index in [-0.39, 0.29) is 17.9 Å². The van der Waals surface area contributed by atoms with E-state index in [1.165, 1.54) is 7.11 Å². The highest BCUT2D eigenvalue weighted by Gasteiger charge is 2.51. The van der Waals surface area contributed by atoms with Crippen LogP contribution >= 0.6 is 0 Å². The van der Waals surface area contributed by atoms with Gasteiger partial charge in [0.1, 0.15) is 5.54 Å². The van der Waals surface area contributed by atoms with Crippen LogP contribution in [0.15, 0.2) is 0 Å². The average molecular weight is 214 g/mol. The van der Waals surface area contributed by atoms with Crippen molar-refractivity contribution in [1.82, 2.24) is 5.32 Å². The Bertz CT molecular complexity index is 270. The predicted octanol–water partition coefficient (Wildman–Crippen LogP) is -0.208. The minimum absolute atomic E-state index is 0.0310. The number of rotatable bonds is 3. The zero-order valence-electron chi connectivity index (χ0n) is 9.37. The summed E-state index contributed by atoms with van der Waals surface area (Å²) in [4.78, 5) is 23.0. The molecule has 5 heteroatoms. The van der Waals surface area contributed by atoms with E-state index < -0.39 is 11.5 Å². The lowest BCUT2D eigenvalue weighted by molar-refractivity contribution is -0.156. The number of carbonyl (C=O) groups excluding carboxylic acids is 2. The standard InChI is InChI=1S/C10H18N2O3/c1-6(2)8(13)12-10(9(14)15-3)4-7(11)5-10/h6-7H,4-5,11H2,1-3H3,(H,12,13). The molecule has 1 saturated carbocycles. The van der Waals surface area contributed by atoms with E-state index in [2.05, 4.69) is 10.1 Å². The Morgan fingerprint density at radius 1 is 1.47 bits per heavy atom. The molecule has 1 aliphatic carbocycles. The van der Waals surface area contributed by atoms with E-state index >= 15 is 0 Å². The van der Waals surface area contributed by atoms with E-state index in [0.717, 1.165) is 0 Å². The molecule has 0 aromatic rings. The highest BCUT2D eigenvalue weighted by atomic mass is 16.5. The third-order valence-electron chi connectivity index (χ3n) is 2.68. The van der Waals surface area contributed by atoms with Crippen molar-refractivity contribution in [3.8, 4) is 0 Å². The molecule has 1 rings (SSSR count). The zero-order chi connectivity index (χ0) is 11.6. The Morgan fingerprint density at radius 3 is 2.33 bits per heavy atom. The summed E-state index contributed by atoms with van der Waals surface area (Å²) < 4.78 is 4.68. The lowest BCUT2D eigenvalue weighted by atomic mass is 9.72. The number of methoxy groups -OCH3 is 1. The Labute approximate surface area is 89.3 Å². The molecule has 0 unspecified atom stereocenters. The van der Waals surface area contributed by atoms with Gasteiger partial charge in [0.05, 0.1) is 7.11 Å². The molecule has 1 aliphatic rings. The van der Waals surface area contributed by atoms with Crippen LogP contribution in [0.3, 0.4) is 0 Å². The third kappa shape index (κ3) is 2.28. The second-order valence-corrected chi connectivity index (χ2v) is 4.39. The molecule has 3 N–H and O–H groups in total. The van der Waals surface area contributed by atoms with E-state index in [9.17, 15) is 9.59 Å². The van der Waals surface area contributed by atoms with Crippen LogP contribution in [0.1, 0.15) is 26.7 Å². The van der Waals surface area contributed by atoms with E-state index in [1.54, 1.807) is 13.8 Å². The van der Waals surface area contributed by atoms with Gasteiger partial charge in [0.15, 0.2) is 0 Å². The minimum atomic E-state index is -0.879. The van der Waals surface area contributed by atoms with Gasteiger partial charge in [-0.2, -0.15) is 0 Å². The largest absolute Gasteiger partial charge is 0.467 e. The van der Waals surface area contributed by atoms with E-state index in [4.69, 9.17) is 5.73 Å². The van der Waals surface area contributed by atoms with Gasteiger partial charge < -0.3 is 15.8 Å². The summed E-state index contributed by atoms with van der Waals surface area (Å²) in [5, 5.41) is 2.72. The third-order valence-corrected chi connectivity index (χ3v) is 2.68. The van der Waals surface area contributed by atoms with E-state index in [1.807, 2.05) is 0 Å². The number of esters is 1. The van der Waals surface area contributed by atoms with Crippen LogP contribution in [-0.4, -0.2) is 30.6 Å². The summed E-state index contributed by atoms with van der Waals surface area (Å²) in [7, 11) is 1.31. The van der Waals surface area contributed by atoms with Crippen LogP contribution in [0.25, 0.3) is 0 Å². The molecule has 0 atom stereocenters. The van der Waals surface area contributed by atoms with Gasteiger partial charge in [-0.15, -0.1) is 0 Å². The minimum Gasteiger partial charge on any atom is -0.467 e. The first kappa shape index (κ1) is 12.0. The van der Waals surface area contributed by atoms with Crippen LogP contribution in [0.5, 0.6) is 0 Å². The maximum Gasteiger partial charge on any atom is 0.331 e. The van der Waals surface area contributed by atoms with Crippen molar-refractivity contribution in [2.75, 3.05) is 7.11 Å². The first-order valence-electron chi connectivity index (χ1n) is 5.07. The fraction of sp³-hybridized carbons (Fsp3) is 0.800. The molecule has 0 aromatic heterocycles. The fourth-order valence-corrected chi connectivity index (χ4v) is 1.73. The van der Waals surface area contributed by atoms with Crippen molar-refractivity contribution in [3.05, 3.63) is 0 Å². The van der Waals surface area contributed by atoms with E-state index in [0.29, 0.717) is 12.8 Å². The normalized spacial score (nSPS) is 29.5. The Kier molecular flexibility index (Phi) is 3.34. The predicted molar refractivity (Wildman–Crippen MR) is 54.9 cm³/mol. The molecule has 0 radical (unpaired) electrons. The topological polar surface area (TPSA) is 81.4 Å². The number of nitrogens with two attached hydrogens (primary N) is 1. The first-order chi connectivity index (χ1) is 6.91. The van der Waals surface area contributed by atoms with Crippen LogP contribution in [0.2, 0.25) is 0 Å². The van der Waals surface area contributed by atoms with Crippen molar-refractivity contribution in [2.45, 2.75) is 38.3 Å². The quantitative estimate of drug-likeness (QED) is 0.637. The summed E-state index contributed by atoms with van der Waals surface area (Å²) in [6.07, 6.45) is 0.913. The number of nitrogens with one attached hydrogen (secondary N) is 1. The van der Waals surface area contributed by atoms with Gasteiger partial charge in [0, 0.05) is 12.0 Å². The molecule has 5 nitrogen and oxygen atoms in total. The lowest BCUT2D eigenvalue weighted by Gasteiger charge is -2.44. The highest BCUT2D eigenvalue weighted by Crippen LogP contribution is 2.32. The summed E-state index contributed by atoms with van der Waals surface area (Å²) in [6, 6.07) is -0.0310. The maximum atomic E-state index is 11.5. The van der Waals surface area contributed by atoms with Gasteiger partial charge in [-0.3, -0.25) is 4.79 Å². The fourth-order valence-electron chi connectivity index (χ4n) is 1.73. The number of ether oxygens (including phenoxy) is 1. The molecular formula is C10H18N2O3. The smallest absolute Gasteiger partial charge is 0.331 e. The summed E-state index contributed by atoms with van der Waals surface area (Å²) in [5.41, 5.74) is 4.76. The Morgan fingerprint density at radius 2 is 2.00 bits per heavy atom. The number of carbonyl (C=O) groups is 2. The molecule has 0 aromatic carbocycles. The molecule has 1 amide bonds. The van der Waals surface area contributed by atoms with Gasteiger partial charge in [-0.1, -0.05) is 13.8 Å². The van der Waals surface area contributed by atoms with Crippen LogP contribution in [0.4, 0.5) is 0 Å². The van der Waals surface area contributed by atoms with Gasteiger partial charge in [-0.05, 0) is 12.8 Å². The SMILES string of the molecule is COC(=O)C1(NC(=O)C(C)C)CC(N)C1. The summed E-state index contributed by atoms with van der Waals surface area (Å²) in [6.45, 7) is 3.55. The van der Waals surface area contributed by atoms with Crippen molar-refractivity contribution in [2.24, 2.45) is 11.7 Å². The maximum absolute atomic E-state index is 11.5. The average Bonchev–Trinajstić information content (AvgIpc) is 2.13. The molecule has 15 heavy (non-hydrogen) atoms. The number of amides is 1. The Hall–Kier alpha value is -1.10. The molecule has 1 fully saturated rings. The van der Waals surface area contributed by atoms with Crippen LogP contribution in [-0.2, 0) is 14.3 Å².